The van der Waals surface area contributed by atoms with Crippen LogP contribution >= 0.6 is 11.8 Å². The lowest BCUT2D eigenvalue weighted by atomic mass is 9.83. The zero-order valence-electron chi connectivity index (χ0n) is 10.3. The Balaban J connectivity index is 1.91. The van der Waals surface area contributed by atoms with Gasteiger partial charge in [-0.1, -0.05) is 6.42 Å². The minimum atomic E-state index is 0.602. The second-order valence-electron chi connectivity index (χ2n) is 5.33. The molecule has 1 saturated carbocycles. The molecule has 2 aliphatic rings. The summed E-state index contributed by atoms with van der Waals surface area (Å²) in [5.41, 5.74) is 0. The smallest absolute Gasteiger partial charge is 0.0284 e. The molecule has 0 radical (unpaired) electrons. The summed E-state index contributed by atoms with van der Waals surface area (Å²) in [4.78, 5) is 2.69. The van der Waals surface area contributed by atoms with Crippen LogP contribution in [0.2, 0.25) is 0 Å². The predicted octanol–water partition coefficient (Wildman–Crippen LogP) is 1.95. The van der Waals surface area contributed by atoms with Crippen molar-refractivity contribution in [3.8, 4) is 0 Å². The number of hydrogen-bond donors (Lipinski definition) is 1. The molecule has 88 valence electrons. The standard InChI is InChI=1S/C12H24N2S/c1-10-8-14(11(2)7-13-10)9-12(15-3)5-4-6-12/h10-11,13H,4-9H2,1-3H3. The number of nitrogens with one attached hydrogen (secondary N) is 1. The molecule has 1 aliphatic heterocycles. The summed E-state index contributed by atoms with van der Waals surface area (Å²) in [5.74, 6) is 0. The summed E-state index contributed by atoms with van der Waals surface area (Å²) in [5, 5.41) is 3.55. The topological polar surface area (TPSA) is 15.3 Å². The van der Waals surface area contributed by atoms with E-state index in [2.05, 4.69) is 42.1 Å². The highest BCUT2D eigenvalue weighted by molar-refractivity contribution is 8.00. The van der Waals surface area contributed by atoms with Crippen LogP contribution in [0.25, 0.3) is 0 Å². The van der Waals surface area contributed by atoms with Crippen molar-refractivity contribution in [1.29, 1.82) is 0 Å². The predicted molar refractivity (Wildman–Crippen MR) is 68.6 cm³/mol. The SMILES string of the molecule is CSC1(CN2CC(C)NCC2C)CCC1. The number of hydrogen-bond acceptors (Lipinski definition) is 3. The van der Waals surface area contributed by atoms with E-state index in [1.165, 1.54) is 32.4 Å². The molecular weight excluding hydrogens is 204 g/mol. The highest BCUT2D eigenvalue weighted by Crippen LogP contribution is 2.43. The van der Waals surface area contributed by atoms with Crippen LogP contribution in [0, 0.1) is 0 Å². The van der Waals surface area contributed by atoms with Crippen molar-refractivity contribution in [3.63, 3.8) is 0 Å². The van der Waals surface area contributed by atoms with Gasteiger partial charge < -0.3 is 5.32 Å². The van der Waals surface area contributed by atoms with Crippen molar-refractivity contribution in [3.05, 3.63) is 0 Å². The first-order chi connectivity index (χ1) is 7.15. The Morgan fingerprint density at radius 2 is 2.13 bits per heavy atom. The Kier molecular flexibility index (Phi) is 3.63. The first-order valence-corrected chi connectivity index (χ1v) is 7.40. The largest absolute Gasteiger partial charge is 0.311 e. The second-order valence-corrected chi connectivity index (χ2v) is 6.60. The highest BCUT2D eigenvalue weighted by atomic mass is 32.2. The quantitative estimate of drug-likeness (QED) is 0.795. The molecule has 2 nitrogen and oxygen atoms in total. The fourth-order valence-electron chi connectivity index (χ4n) is 2.69. The normalized spacial score (nSPS) is 36.2. The van der Waals surface area contributed by atoms with Crippen molar-refractivity contribution in [2.75, 3.05) is 25.9 Å². The van der Waals surface area contributed by atoms with Gasteiger partial charge >= 0.3 is 0 Å². The van der Waals surface area contributed by atoms with Crippen molar-refractivity contribution >= 4 is 11.8 Å². The highest BCUT2D eigenvalue weighted by Gasteiger charge is 2.39. The van der Waals surface area contributed by atoms with Gasteiger partial charge in [0.2, 0.25) is 0 Å². The molecule has 1 heterocycles. The van der Waals surface area contributed by atoms with Crippen LogP contribution in [0.15, 0.2) is 0 Å². The molecule has 1 saturated heterocycles. The maximum atomic E-state index is 3.55. The first kappa shape index (κ1) is 11.7. The zero-order valence-corrected chi connectivity index (χ0v) is 11.1. The fourth-order valence-corrected chi connectivity index (χ4v) is 3.68. The van der Waals surface area contributed by atoms with Crippen LogP contribution in [0.3, 0.4) is 0 Å². The number of piperazine rings is 1. The maximum absolute atomic E-state index is 3.55. The molecule has 2 fully saturated rings. The van der Waals surface area contributed by atoms with E-state index in [0.29, 0.717) is 16.8 Å². The van der Waals surface area contributed by atoms with Gasteiger partial charge in [-0.15, -0.1) is 0 Å². The van der Waals surface area contributed by atoms with Crippen LogP contribution < -0.4 is 5.32 Å². The van der Waals surface area contributed by atoms with E-state index in [0.717, 1.165) is 6.54 Å². The molecule has 2 rings (SSSR count). The average molecular weight is 228 g/mol. The van der Waals surface area contributed by atoms with Gasteiger partial charge in [-0.3, -0.25) is 4.90 Å². The van der Waals surface area contributed by atoms with E-state index in [1.54, 1.807) is 0 Å². The van der Waals surface area contributed by atoms with Crippen LogP contribution in [-0.4, -0.2) is 47.6 Å². The Bertz CT molecular complexity index is 210. The van der Waals surface area contributed by atoms with Crippen molar-refractivity contribution in [1.82, 2.24) is 10.2 Å². The average Bonchev–Trinajstić information content (AvgIpc) is 2.17. The molecule has 0 aromatic carbocycles. The van der Waals surface area contributed by atoms with E-state index < -0.39 is 0 Å². The van der Waals surface area contributed by atoms with E-state index in [9.17, 15) is 0 Å². The van der Waals surface area contributed by atoms with Gasteiger partial charge in [0.15, 0.2) is 0 Å². The summed E-state index contributed by atoms with van der Waals surface area (Å²) < 4.78 is 0.602. The van der Waals surface area contributed by atoms with Crippen LogP contribution in [-0.2, 0) is 0 Å². The molecule has 0 aromatic heterocycles. The molecular formula is C12H24N2S. The van der Waals surface area contributed by atoms with Gasteiger partial charge in [0.05, 0.1) is 0 Å². The van der Waals surface area contributed by atoms with E-state index >= 15 is 0 Å². The lowest BCUT2D eigenvalue weighted by Crippen LogP contribution is -2.58. The minimum Gasteiger partial charge on any atom is -0.311 e. The summed E-state index contributed by atoms with van der Waals surface area (Å²) in [6, 6.07) is 1.38. The molecule has 2 unspecified atom stereocenters. The van der Waals surface area contributed by atoms with Crippen LogP contribution in [0.1, 0.15) is 33.1 Å². The molecule has 3 heteroatoms. The van der Waals surface area contributed by atoms with Crippen molar-refractivity contribution in [2.24, 2.45) is 0 Å². The maximum Gasteiger partial charge on any atom is 0.0284 e. The first-order valence-electron chi connectivity index (χ1n) is 6.18. The molecule has 0 aromatic rings. The zero-order chi connectivity index (χ0) is 10.9. The molecule has 2 atom stereocenters. The Labute approximate surface area is 98.2 Å². The summed E-state index contributed by atoms with van der Waals surface area (Å²) >= 11 is 2.09. The van der Waals surface area contributed by atoms with Gasteiger partial charge in [0.1, 0.15) is 0 Å². The van der Waals surface area contributed by atoms with E-state index in [4.69, 9.17) is 0 Å². The fraction of sp³-hybridized carbons (Fsp3) is 1.00. The third-order valence-electron chi connectivity index (χ3n) is 4.08. The Morgan fingerprint density at radius 1 is 1.40 bits per heavy atom. The summed E-state index contributed by atoms with van der Waals surface area (Å²) in [6.07, 6.45) is 6.59. The summed E-state index contributed by atoms with van der Waals surface area (Å²) in [6.45, 7) is 8.34. The van der Waals surface area contributed by atoms with E-state index in [-0.39, 0.29) is 0 Å². The molecule has 0 amide bonds. The Morgan fingerprint density at radius 3 is 2.67 bits per heavy atom. The third-order valence-corrected chi connectivity index (χ3v) is 5.49. The molecule has 15 heavy (non-hydrogen) atoms. The minimum absolute atomic E-state index is 0.602. The lowest BCUT2D eigenvalue weighted by Gasteiger charge is -2.47. The van der Waals surface area contributed by atoms with Crippen LogP contribution in [0.5, 0.6) is 0 Å². The number of thioether (sulfide) groups is 1. The molecule has 1 aliphatic carbocycles. The molecule has 0 bridgehead atoms. The van der Waals surface area contributed by atoms with Crippen molar-refractivity contribution < 1.29 is 0 Å². The third kappa shape index (κ3) is 2.51. The van der Waals surface area contributed by atoms with Gasteiger partial charge in [-0.2, -0.15) is 11.8 Å². The second kappa shape index (κ2) is 4.64. The van der Waals surface area contributed by atoms with Gasteiger partial charge in [-0.25, -0.2) is 0 Å². The number of nitrogens with zero attached hydrogens (tertiary/aromatic N) is 1. The lowest BCUT2D eigenvalue weighted by molar-refractivity contribution is 0.114. The van der Waals surface area contributed by atoms with Crippen molar-refractivity contribution in [2.45, 2.75) is 49.9 Å². The molecule has 0 spiro atoms. The van der Waals surface area contributed by atoms with Crippen LogP contribution in [0.4, 0.5) is 0 Å². The monoisotopic (exact) mass is 228 g/mol. The Hall–Kier alpha value is 0.270. The number of rotatable bonds is 3. The van der Waals surface area contributed by atoms with Gasteiger partial charge in [0.25, 0.3) is 0 Å². The van der Waals surface area contributed by atoms with Gasteiger partial charge in [-0.05, 0) is 32.9 Å². The van der Waals surface area contributed by atoms with E-state index in [1.807, 2.05) is 0 Å². The molecule has 1 N–H and O–H groups in total. The summed E-state index contributed by atoms with van der Waals surface area (Å²) in [7, 11) is 0. The van der Waals surface area contributed by atoms with Gasteiger partial charge in [0, 0.05) is 36.5 Å².